The number of fused-ring (bicyclic) bond motifs is 1. The minimum atomic E-state index is -0.451. The standard InChI is InChI=1S/C16H13F2NOS/c17-11-3-1-2-10(8-11)16(20)19-14-6-7-21-15-5-4-12(18)9-13(14)15/h1-5,8-9,14H,6-7H2,(H,19,20)/t14-/m1/s1. The van der Waals surface area contributed by atoms with Crippen LogP contribution in [0.2, 0.25) is 0 Å². The van der Waals surface area contributed by atoms with E-state index in [9.17, 15) is 13.6 Å². The highest BCUT2D eigenvalue weighted by molar-refractivity contribution is 7.99. The SMILES string of the molecule is O=C(N[C@@H]1CCSc2ccc(F)cc21)c1cccc(F)c1. The second-order valence-corrected chi connectivity index (χ2v) is 5.99. The highest BCUT2D eigenvalue weighted by atomic mass is 32.2. The fourth-order valence-electron chi connectivity index (χ4n) is 2.39. The van der Waals surface area contributed by atoms with E-state index < -0.39 is 5.82 Å². The Kier molecular flexibility index (Phi) is 3.92. The Bertz CT molecular complexity index is 690. The van der Waals surface area contributed by atoms with E-state index in [-0.39, 0.29) is 23.3 Å². The van der Waals surface area contributed by atoms with Gasteiger partial charge in [0.25, 0.3) is 5.91 Å². The molecule has 0 fully saturated rings. The Morgan fingerprint density at radius 2 is 1.95 bits per heavy atom. The molecule has 2 nitrogen and oxygen atoms in total. The van der Waals surface area contributed by atoms with Crippen LogP contribution in [-0.4, -0.2) is 11.7 Å². The molecule has 3 rings (SSSR count). The lowest BCUT2D eigenvalue weighted by Crippen LogP contribution is -2.30. The van der Waals surface area contributed by atoms with E-state index in [0.717, 1.165) is 22.6 Å². The smallest absolute Gasteiger partial charge is 0.251 e. The Morgan fingerprint density at radius 1 is 1.14 bits per heavy atom. The molecule has 0 bridgehead atoms. The van der Waals surface area contributed by atoms with Crippen LogP contribution in [0.1, 0.15) is 28.4 Å². The third-order valence-electron chi connectivity index (χ3n) is 3.40. The van der Waals surface area contributed by atoms with Crippen LogP contribution < -0.4 is 5.32 Å². The summed E-state index contributed by atoms with van der Waals surface area (Å²) in [6.45, 7) is 0. The molecule has 0 saturated carbocycles. The van der Waals surface area contributed by atoms with Crippen LogP contribution in [-0.2, 0) is 0 Å². The predicted molar refractivity (Wildman–Crippen MR) is 78.3 cm³/mol. The lowest BCUT2D eigenvalue weighted by atomic mass is 10.0. The summed E-state index contributed by atoms with van der Waals surface area (Å²) in [6, 6.07) is 9.90. The van der Waals surface area contributed by atoms with Gasteiger partial charge in [-0.3, -0.25) is 4.79 Å². The van der Waals surface area contributed by atoms with E-state index in [2.05, 4.69) is 5.32 Å². The fraction of sp³-hybridized carbons (Fsp3) is 0.188. The number of nitrogens with one attached hydrogen (secondary N) is 1. The molecule has 1 N–H and O–H groups in total. The summed E-state index contributed by atoms with van der Waals surface area (Å²) in [5.74, 6) is -0.261. The van der Waals surface area contributed by atoms with E-state index in [1.54, 1.807) is 23.9 Å². The number of carbonyl (C=O) groups excluding carboxylic acids is 1. The van der Waals surface area contributed by atoms with Crippen LogP contribution in [0.15, 0.2) is 47.4 Å². The van der Waals surface area contributed by atoms with Crippen molar-refractivity contribution in [3.63, 3.8) is 0 Å². The molecule has 1 atom stereocenters. The number of hydrogen-bond donors (Lipinski definition) is 1. The summed E-state index contributed by atoms with van der Waals surface area (Å²) in [5, 5.41) is 2.86. The minimum Gasteiger partial charge on any atom is -0.345 e. The van der Waals surface area contributed by atoms with Gasteiger partial charge in [0.15, 0.2) is 0 Å². The summed E-state index contributed by atoms with van der Waals surface area (Å²) < 4.78 is 26.6. The van der Waals surface area contributed by atoms with Gasteiger partial charge in [-0.25, -0.2) is 8.78 Å². The molecule has 1 aliphatic heterocycles. The molecular weight excluding hydrogens is 292 g/mol. The van der Waals surface area contributed by atoms with Crippen LogP contribution in [0.3, 0.4) is 0 Å². The molecular formula is C16H13F2NOS. The molecule has 0 spiro atoms. The van der Waals surface area contributed by atoms with Crippen molar-refractivity contribution in [3.8, 4) is 0 Å². The van der Waals surface area contributed by atoms with Crippen molar-refractivity contribution in [1.82, 2.24) is 5.32 Å². The van der Waals surface area contributed by atoms with Gasteiger partial charge in [0.1, 0.15) is 11.6 Å². The normalized spacial score (nSPS) is 17.1. The van der Waals surface area contributed by atoms with Gasteiger partial charge in [-0.05, 0) is 48.4 Å². The van der Waals surface area contributed by atoms with Crippen molar-refractivity contribution in [2.75, 3.05) is 5.75 Å². The number of benzene rings is 2. The molecule has 1 heterocycles. The monoisotopic (exact) mass is 305 g/mol. The number of halogens is 2. The Labute approximate surface area is 125 Å². The molecule has 0 aliphatic carbocycles. The number of carbonyl (C=O) groups is 1. The molecule has 1 amide bonds. The van der Waals surface area contributed by atoms with Crippen LogP contribution in [0.25, 0.3) is 0 Å². The lowest BCUT2D eigenvalue weighted by molar-refractivity contribution is 0.0934. The van der Waals surface area contributed by atoms with Crippen molar-refractivity contribution >= 4 is 17.7 Å². The molecule has 5 heteroatoms. The summed E-state index contributed by atoms with van der Waals surface area (Å²) in [5.41, 5.74) is 1.06. The van der Waals surface area contributed by atoms with E-state index in [1.807, 2.05) is 0 Å². The van der Waals surface area contributed by atoms with Gasteiger partial charge in [0, 0.05) is 16.2 Å². The van der Waals surface area contributed by atoms with E-state index in [4.69, 9.17) is 0 Å². The molecule has 2 aromatic rings. The second kappa shape index (κ2) is 5.85. The Balaban J connectivity index is 1.83. The first-order valence-corrected chi connectivity index (χ1v) is 7.61. The predicted octanol–water partition coefficient (Wildman–Crippen LogP) is 3.93. The van der Waals surface area contributed by atoms with Crippen molar-refractivity contribution < 1.29 is 13.6 Å². The number of amides is 1. The highest BCUT2D eigenvalue weighted by Crippen LogP contribution is 2.36. The lowest BCUT2D eigenvalue weighted by Gasteiger charge is -2.26. The van der Waals surface area contributed by atoms with Gasteiger partial charge in [-0.15, -0.1) is 11.8 Å². The fourth-order valence-corrected chi connectivity index (χ4v) is 3.49. The van der Waals surface area contributed by atoms with Crippen LogP contribution >= 0.6 is 11.8 Å². The highest BCUT2D eigenvalue weighted by Gasteiger charge is 2.23. The maximum atomic E-state index is 13.4. The van der Waals surface area contributed by atoms with Crippen molar-refractivity contribution in [1.29, 1.82) is 0 Å². The summed E-state index contributed by atoms with van der Waals surface area (Å²) in [7, 11) is 0. The number of hydrogen-bond acceptors (Lipinski definition) is 2. The van der Waals surface area contributed by atoms with Gasteiger partial charge >= 0.3 is 0 Å². The van der Waals surface area contributed by atoms with Crippen molar-refractivity contribution in [2.24, 2.45) is 0 Å². The summed E-state index contributed by atoms with van der Waals surface area (Å²) in [4.78, 5) is 13.2. The average molecular weight is 305 g/mol. The molecule has 108 valence electrons. The third kappa shape index (κ3) is 3.08. The number of rotatable bonds is 2. The van der Waals surface area contributed by atoms with E-state index in [1.165, 1.54) is 30.3 Å². The third-order valence-corrected chi connectivity index (χ3v) is 4.53. The second-order valence-electron chi connectivity index (χ2n) is 4.86. The topological polar surface area (TPSA) is 29.1 Å². The first-order chi connectivity index (χ1) is 10.1. The maximum absolute atomic E-state index is 13.4. The van der Waals surface area contributed by atoms with Crippen molar-refractivity contribution in [2.45, 2.75) is 17.4 Å². The first-order valence-electron chi connectivity index (χ1n) is 6.62. The average Bonchev–Trinajstić information content (AvgIpc) is 2.48. The summed E-state index contributed by atoms with van der Waals surface area (Å²) >= 11 is 1.65. The van der Waals surface area contributed by atoms with Crippen LogP contribution in [0.5, 0.6) is 0 Å². The van der Waals surface area contributed by atoms with Gasteiger partial charge in [-0.2, -0.15) is 0 Å². The zero-order valence-corrected chi connectivity index (χ0v) is 11.9. The van der Waals surface area contributed by atoms with E-state index >= 15 is 0 Å². The molecule has 1 aliphatic rings. The molecule has 0 radical (unpaired) electrons. The Hall–Kier alpha value is -1.88. The largest absolute Gasteiger partial charge is 0.345 e. The van der Waals surface area contributed by atoms with Crippen LogP contribution in [0, 0.1) is 11.6 Å². The number of thioether (sulfide) groups is 1. The van der Waals surface area contributed by atoms with Gasteiger partial charge in [0.2, 0.25) is 0 Å². The van der Waals surface area contributed by atoms with Gasteiger partial charge < -0.3 is 5.32 Å². The Morgan fingerprint density at radius 3 is 2.76 bits per heavy atom. The zero-order chi connectivity index (χ0) is 14.8. The summed E-state index contributed by atoms with van der Waals surface area (Å²) in [6.07, 6.45) is 0.724. The van der Waals surface area contributed by atoms with E-state index in [0.29, 0.717) is 0 Å². The molecule has 0 aromatic heterocycles. The maximum Gasteiger partial charge on any atom is 0.251 e. The molecule has 2 aromatic carbocycles. The van der Waals surface area contributed by atoms with Crippen LogP contribution in [0.4, 0.5) is 8.78 Å². The quantitative estimate of drug-likeness (QED) is 0.911. The van der Waals surface area contributed by atoms with Gasteiger partial charge in [-0.1, -0.05) is 6.07 Å². The molecule has 21 heavy (non-hydrogen) atoms. The minimum absolute atomic E-state index is 0.243. The van der Waals surface area contributed by atoms with Gasteiger partial charge in [0.05, 0.1) is 6.04 Å². The molecule has 0 unspecified atom stereocenters. The zero-order valence-electron chi connectivity index (χ0n) is 11.1. The van der Waals surface area contributed by atoms with Crippen molar-refractivity contribution in [3.05, 3.63) is 65.2 Å². The molecule has 0 saturated heterocycles. The first kappa shape index (κ1) is 14.1.